The molecule has 0 N–H and O–H groups in total. The summed E-state index contributed by atoms with van der Waals surface area (Å²) in [7, 11) is 0. The van der Waals surface area contributed by atoms with Gasteiger partial charge in [0.15, 0.2) is 11.4 Å². The largest absolute Gasteiger partial charge is 0.353 e. The number of aryl methyl sites for hydroxylation is 3. The van der Waals surface area contributed by atoms with Crippen molar-refractivity contribution in [2.75, 3.05) is 0 Å². The van der Waals surface area contributed by atoms with Crippen molar-refractivity contribution in [1.82, 2.24) is 9.72 Å². The fourth-order valence-electron chi connectivity index (χ4n) is 2.31. The third-order valence-corrected chi connectivity index (χ3v) is 4.36. The van der Waals surface area contributed by atoms with E-state index in [4.69, 9.17) is 16.1 Å². The Labute approximate surface area is 124 Å². The molecule has 0 unspecified atom stereocenters. The first-order valence-corrected chi connectivity index (χ1v) is 7.07. The fourth-order valence-corrected chi connectivity index (χ4v) is 3.15. The minimum absolute atomic E-state index is 0.679. The molecular weight excluding hydrogens is 328 g/mol. The van der Waals surface area contributed by atoms with Gasteiger partial charge in [0.25, 0.3) is 0 Å². The number of nitrogens with zero attached hydrogens (tertiary/aromatic N) is 2. The highest BCUT2D eigenvalue weighted by Gasteiger charge is 2.19. The van der Waals surface area contributed by atoms with Gasteiger partial charge in [-0.2, -0.15) is 0 Å². The van der Waals surface area contributed by atoms with E-state index in [1.54, 1.807) is 0 Å². The summed E-state index contributed by atoms with van der Waals surface area (Å²) >= 11 is 9.93. The molecule has 0 amide bonds. The van der Waals surface area contributed by atoms with Crippen LogP contribution in [0.2, 0.25) is 5.02 Å². The lowest BCUT2D eigenvalue weighted by molar-refractivity contribution is 0.450. The van der Waals surface area contributed by atoms with Gasteiger partial charge in [-0.25, -0.2) is 0 Å². The third-order valence-electron chi connectivity index (χ3n) is 3.28. The molecule has 3 nitrogen and oxygen atoms in total. The molecule has 0 aliphatic rings. The van der Waals surface area contributed by atoms with Crippen LogP contribution < -0.4 is 0 Å². The fraction of sp³-hybridized carbons (Fsp3) is 0.214. The van der Waals surface area contributed by atoms with Gasteiger partial charge in [-0.05, 0) is 60.5 Å². The minimum Gasteiger partial charge on any atom is -0.353 e. The Morgan fingerprint density at radius 3 is 2.47 bits per heavy atom. The van der Waals surface area contributed by atoms with Crippen LogP contribution in [0.5, 0.6) is 0 Å². The SMILES string of the molecule is Cc1cc(Br)c2onc(-n3c(C)ccc3C)c2c1Cl. The maximum Gasteiger partial charge on any atom is 0.190 e. The van der Waals surface area contributed by atoms with Crippen LogP contribution in [0.25, 0.3) is 16.8 Å². The van der Waals surface area contributed by atoms with Crippen molar-refractivity contribution < 1.29 is 4.52 Å². The monoisotopic (exact) mass is 338 g/mol. The second-order valence-electron chi connectivity index (χ2n) is 4.65. The molecule has 0 spiro atoms. The van der Waals surface area contributed by atoms with E-state index in [0.29, 0.717) is 10.6 Å². The van der Waals surface area contributed by atoms with Crippen LogP contribution >= 0.6 is 27.5 Å². The zero-order valence-corrected chi connectivity index (χ0v) is 13.1. The average Bonchev–Trinajstić information content (AvgIpc) is 2.91. The highest BCUT2D eigenvalue weighted by molar-refractivity contribution is 9.10. The Balaban J connectivity index is 2.44. The number of fused-ring (bicyclic) bond motifs is 1. The third kappa shape index (κ3) is 1.82. The maximum absolute atomic E-state index is 6.43. The molecule has 0 fully saturated rings. The van der Waals surface area contributed by atoms with Crippen LogP contribution in [-0.4, -0.2) is 9.72 Å². The summed E-state index contributed by atoms with van der Waals surface area (Å²) < 4.78 is 8.36. The van der Waals surface area contributed by atoms with Crippen molar-refractivity contribution >= 4 is 38.5 Å². The summed E-state index contributed by atoms with van der Waals surface area (Å²) in [4.78, 5) is 0. The molecule has 3 aromatic rings. The molecule has 19 heavy (non-hydrogen) atoms. The summed E-state index contributed by atoms with van der Waals surface area (Å²) in [5, 5.41) is 5.72. The van der Waals surface area contributed by atoms with Crippen LogP contribution in [-0.2, 0) is 0 Å². The second kappa shape index (κ2) is 4.39. The van der Waals surface area contributed by atoms with Gasteiger partial charge in [0.05, 0.1) is 14.9 Å². The van der Waals surface area contributed by atoms with Crippen molar-refractivity contribution in [2.24, 2.45) is 0 Å². The summed E-state index contributed by atoms with van der Waals surface area (Å²) in [6, 6.07) is 6.04. The van der Waals surface area contributed by atoms with Gasteiger partial charge in [-0.1, -0.05) is 16.8 Å². The quantitative estimate of drug-likeness (QED) is 0.627. The van der Waals surface area contributed by atoms with Crippen molar-refractivity contribution in [2.45, 2.75) is 20.8 Å². The molecule has 2 aromatic heterocycles. The standard InChI is InChI=1S/C14H12BrClN2O/c1-7-6-10(15)13-11(12(7)16)14(17-19-13)18-8(2)4-5-9(18)3/h4-6H,1-3H3. The predicted molar refractivity (Wildman–Crippen MR) is 80.3 cm³/mol. The molecule has 0 atom stereocenters. The summed E-state index contributed by atoms with van der Waals surface area (Å²) in [5.74, 6) is 0.740. The van der Waals surface area contributed by atoms with Crippen LogP contribution in [0.4, 0.5) is 0 Å². The van der Waals surface area contributed by atoms with Gasteiger partial charge in [0.2, 0.25) is 0 Å². The summed E-state index contributed by atoms with van der Waals surface area (Å²) in [6.07, 6.45) is 0. The molecule has 0 radical (unpaired) electrons. The Morgan fingerprint density at radius 2 is 1.84 bits per heavy atom. The number of hydrogen-bond donors (Lipinski definition) is 0. The Bertz CT molecular complexity index is 769. The Kier molecular flexibility index (Phi) is 2.95. The Hall–Kier alpha value is -1.26. The average molecular weight is 340 g/mol. The number of rotatable bonds is 1. The molecule has 0 bridgehead atoms. The van der Waals surface area contributed by atoms with Gasteiger partial charge in [0.1, 0.15) is 0 Å². The van der Waals surface area contributed by atoms with Crippen LogP contribution in [0.15, 0.2) is 27.2 Å². The van der Waals surface area contributed by atoms with Gasteiger partial charge in [-0.3, -0.25) is 4.57 Å². The topological polar surface area (TPSA) is 31.0 Å². The van der Waals surface area contributed by atoms with Crippen molar-refractivity contribution in [3.63, 3.8) is 0 Å². The molecular formula is C14H12BrClN2O. The number of hydrogen-bond acceptors (Lipinski definition) is 2. The number of aromatic nitrogens is 2. The van der Waals surface area contributed by atoms with Crippen LogP contribution in [0, 0.1) is 20.8 Å². The van der Waals surface area contributed by atoms with E-state index in [9.17, 15) is 0 Å². The van der Waals surface area contributed by atoms with E-state index < -0.39 is 0 Å². The molecule has 0 saturated carbocycles. The van der Waals surface area contributed by atoms with E-state index in [2.05, 4.69) is 33.2 Å². The molecule has 3 rings (SSSR count). The van der Waals surface area contributed by atoms with E-state index in [-0.39, 0.29) is 0 Å². The lowest BCUT2D eigenvalue weighted by Crippen LogP contribution is -1.99. The first-order valence-electron chi connectivity index (χ1n) is 5.90. The van der Waals surface area contributed by atoms with Gasteiger partial charge in [0, 0.05) is 11.4 Å². The molecule has 5 heteroatoms. The zero-order valence-electron chi connectivity index (χ0n) is 10.8. The molecule has 2 heterocycles. The lowest BCUT2D eigenvalue weighted by Gasteiger charge is -2.07. The van der Waals surface area contributed by atoms with Gasteiger partial charge < -0.3 is 4.52 Å². The van der Waals surface area contributed by atoms with Gasteiger partial charge >= 0.3 is 0 Å². The molecule has 0 saturated heterocycles. The van der Waals surface area contributed by atoms with E-state index in [0.717, 1.165) is 32.6 Å². The van der Waals surface area contributed by atoms with E-state index in [1.165, 1.54) is 0 Å². The number of benzene rings is 1. The zero-order chi connectivity index (χ0) is 13.7. The van der Waals surface area contributed by atoms with Crippen LogP contribution in [0.1, 0.15) is 17.0 Å². The first kappa shape index (κ1) is 12.8. The predicted octanol–water partition coefficient (Wildman–Crippen LogP) is 4.96. The van der Waals surface area contributed by atoms with Crippen molar-refractivity contribution in [3.05, 3.63) is 44.6 Å². The van der Waals surface area contributed by atoms with Crippen LogP contribution in [0.3, 0.4) is 0 Å². The Morgan fingerprint density at radius 1 is 1.21 bits per heavy atom. The minimum atomic E-state index is 0.679. The highest BCUT2D eigenvalue weighted by atomic mass is 79.9. The molecule has 0 aliphatic carbocycles. The van der Waals surface area contributed by atoms with E-state index >= 15 is 0 Å². The van der Waals surface area contributed by atoms with E-state index in [1.807, 2.05) is 31.4 Å². The normalized spacial score (nSPS) is 11.4. The molecule has 98 valence electrons. The summed E-state index contributed by atoms with van der Waals surface area (Å²) in [5.41, 5.74) is 3.87. The first-order chi connectivity index (χ1) is 9.00. The summed E-state index contributed by atoms with van der Waals surface area (Å²) in [6.45, 7) is 6.04. The van der Waals surface area contributed by atoms with Crippen molar-refractivity contribution in [1.29, 1.82) is 0 Å². The van der Waals surface area contributed by atoms with Gasteiger partial charge in [-0.15, -0.1) is 0 Å². The maximum atomic E-state index is 6.43. The smallest absolute Gasteiger partial charge is 0.190 e. The molecule has 1 aromatic carbocycles. The molecule has 0 aliphatic heterocycles. The highest BCUT2D eigenvalue weighted by Crippen LogP contribution is 2.37. The number of halogens is 2. The van der Waals surface area contributed by atoms with Crippen molar-refractivity contribution in [3.8, 4) is 5.82 Å². The second-order valence-corrected chi connectivity index (χ2v) is 5.88. The lowest BCUT2D eigenvalue weighted by atomic mass is 10.2.